The number of rotatable bonds is 2. The minimum absolute atomic E-state index is 0.433. The summed E-state index contributed by atoms with van der Waals surface area (Å²) in [6.45, 7) is 0.433. The van der Waals surface area contributed by atoms with Crippen LogP contribution in [0.15, 0.2) is 24.3 Å². The average Bonchev–Trinajstić information content (AvgIpc) is 2.47. The summed E-state index contributed by atoms with van der Waals surface area (Å²) in [6.07, 6.45) is 1.65. The molecule has 0 saturated carbocycles. The average molecular weight is 283 g/mol. The number of fused-ring (bicyclic) bond motifs is 1. The summed E-state index contributed by atoms with van der Waals surface area (Å²) < 4.78 is 22.5. The van der Waals surface area contributed by atoms with Gasteiger partial charge in [0, 0.05) is 24.1 Å². The van der Waals surface area contributed by atoms with Gasteiger partial charge >= 0.3 is 0 Å². The van der Waals surface area contributed by atoms with Crippen molar-refractivity contribution in [1.29, 1.82) is 0 Å². The van der Waals surface area contributed by atoms with Gasteiger partial charge in [0.15, 0.2) is 9.84 Å². The lowest BCUT2D eigenvalue weighted by Gasteiger charge is -2.22. The highest BCUT2D eigenvalue weighted by molar-refractivity contribution is 7.91. The number of benzene rings is 1. The maximum atomic E-state index is 12.1. The van der Waals surface area contributed by atoms with Crippen molar-refractivity contribution in [3.8, 4) is 0 Å². The molecular weight excluding hydrogens is 266 g/mol. The lowest BCUT2D eigenvalue weighted by Crippen LogP contribution is -2.36. The molecule has 1 aliphatic rings. The fourth-order valence-corrected chi connectivity index (χ4v) is 2.90. The van der Waals surface area contributed by atoms with Gasteiger partial charge in [-0.3, -0.25) is 4.79 Å². The molecule has 0 saturated heterocycles. The number of sulfone groups is 1. The first-order valence-corrected chi connectivity index (χ1v) is 8.19. The van der Waals surface area contributed by atoms with E-state index in [1.54, 1.807) is 24.3 Å². The Morgan fingerprint density at radius 1 is 1.42 bits per heavy atom. The van der Waals surface area contributed by atoms with E-state index in [-0.39, 0.29) is 0 Å². The highest BCUT2D eigenvalue weighted by Crippen LogP contribution is 2.32. The van der Waals surface area contributed by atoms with Crippen LogP contribution in [0.2, 0.25) is 0 Å². The standard InChI is InChI=1S/C13H17NO4S/c1-19(17,18)9-13(16)14-8-4-7-12(15)10-5-2-3-6-11(10)14/h2-3,5-6,12,15H,4,7-9H2,1H3. The van der Waals surface area contributed by atoms with Crippen molar-refractivity contribution in [2.75, 3.05) is 23.5 Å². The van der Waals surface area contributed by atoms with Crippen molar-refractivity contribution in [2.45, 2.75) is 18.9 Å². The van der Waals surface area contributed by atoms with Crippen LogP contribution in [0.3, 0.4) is 0 Å². The van der Waals surface area contributed by atoms with Crippen molar-refractivity contribution in [2.24, 2.45) is 0 Å². The van der Waals surface area contributed by atoms with E-state index in [0.717, 1.165) is 6.26 Å². The van der Waals surface area contributed by atoms with Crippen molar-refractivity contribution in [3.63, 3.8) is 0 Å². The topological polar surface area (TPSA) is 74.7 Å². The van der Waals surface area contributed by atoms with Gasteiger partial charge < -0.3 is 10.0 Å². The second-order valence-electron chi connectivity index (χ2n) is 4.83. The lowest BCUT2D eigenvalue weighted by molar-refractivity contribution is -0.116. The van der Waals surface area contributed by atoms with Crippen LogP contribution < -0.4 is 4.90 Å². The molecule has 1 atom stereocenters. The summed E-state index contributed by atoms with van der Waals surface area (Å²) >= 11 is 0. The fourth-order valence-electron chi connectivity index (χ4n) is 2.30. The van der Waals surface area contributed by atoms with Crippen LogP contribution in [0, 0.1) is 0 Å². The number of nitrogens with zero attached hydrogens (tertiary/aromatic N) is 1. The third-order valence-corrected chi connectivity index (χ3v) is 3.90. The molecule has 1 N–H and O–H groups in total. The minimum Gasteiger partial charge on any atom is -0.388 e. The van der Waals surface area contributed by atoms with E-state index >= 15 is 0 Å². The van der Waals surface area contributed by atoms with Crippen LogP contribution in [-0.4, -0.2) is 38.0 Å². The first-order chi connectivity index (χ1) is 8.88. The minimum atomic E-state index is -3.35. The van der Waals surface area contributed by atoms with Gasteiger partial charge in [-0.15, -0.1) is 0 Å². The molecule has 0 aromatic heterocycles. The number of aliphatic hydroxyl groups excluding tert-OH is 1. The SMILES string of the molecule is CS(=O)(=O)CC(=O)N1CCCC(O)c2ccccc21. The van der Waals surface area contributed by atoms with Crippen molar-refractivity contribution in [3.05, 3.63) is 29.8 Å². The van der Waals surface area contributed by atoms with Crippen LogP contribution in [0.5, 0.6) is 0 Å². The number of hydrogen-bond donors (Lipinski definition) is 1. The summed E-state index contributed by atoms with van der Waals surface area (Å²) in [5.41, 5.74) is 1.29. The molecule has 1 aromatic carbocycles. The predicted molar refractivity (Wildman–Crippen MR) is 72.7 cm³/mol. The van der Waals surface area contributed by atoms with Crippen molar-refractivity contribution < 1.29 is 18.3 Å². The summed E-state index contributed by atoms with van der Waals surface area (Å²) in [5, 5.41) is 10.0. The number of hydrogen-bond acceptors (Lipinski definition) is 4. The van der Waals surface area contributed by atoms with Gasteiger partial charge in [0.25, 0.3) is 0 Å². The van der Waals surface area contributed by atoms with Crippen LogP contribution >= 0.6 is 0 Å². The van der Waals surface area contributed by atoms with E-state index in [9.17, 15) is 18.3 Å². The first kappa shape index (κ1) is 14.0. The summed E-state index contributed by atoms with van der Waals surface area (Å²) in [7, 11) is -3.35. The molecule has 2 rings (SSSR count). The van der Waals surface area contributed by atoms with E-state index in [0.29, 0.717) is 30.6 Å². The van der Waals surface area contributed by atoms with Gasteiger partial charge in [0.2, 0.25) is 5.91 Å². The molecule has 1 aromatic rings. The number of para-hydroxylation sites is 1. The molecule has 6 heteroatoms. The molecule has 0 bridgehead atoms. The number of carbonyl (C=O) groups excluding carboxylic acids is 1. The van der Waals surface area contributed by atoms with E-state index in [1.165, 1.54) is 4.90 Å². The smallest absolute Gasteiger partial charge is 0.242 e. The quantitative estimate of drug-likeness (QED) is 0.874. The Morgan fingerprint density at radius 2 is 2.11 bits per heavy atom. The van der Waals surface area contributed by atoms with Gasteiger partial charge in [-0.1, -0.05) is 18.2 Å². The Kier molecular flexibility index (Phi) is 3.91. The second kappa shape index (κ2) is 5.30. The van der Waals surface area contributed by atoms with Crippen LogP contribution in [-0.2, 0) is 14.6 Å². The number of anilines is 1. The zero-order valence-corrected chi connectivity index (χ0v) is 11.6. The summed E-state index contributed by atoms with van der Waals surface area (Å²) in [4.78, 5) is 13.6. The molecule has 104 valence electrons. The Balaban J connectivity index is 2.36. The molecule has 1 unspecified atom stereocenters. The second-order valence-corrected chi connectivity index (χ2v) is 6.97. The Morgan fingerprint density at radius 3 is 2.79 bits per heavy atom. The highest BCUT2D eigenvalue weighted by atomic mass is 32.2. The lowest BCUT2D eigenvalue weighted by atomic mass is 10.0. The fraction of sp³-hybridized carbons (Fsp3) is 0.462. The van der Waals surface area contributed by atoms with Gasteiger partial charge in [-0.25, -0.2) is 8.42 Å². The zero-order valence-electron chi connectivity index (χ0n) is 10.7. The monoisotopic (exact) mass is 283 g/mol. The van der Waals surface area contributed by atoms with Gasteiger partial charge in [0.1, 0.15) is 5.75 Å². The molecule has 19 heavy (non-hydrogen) atoms. The Hall–Kier alpha value is -1.40. The Bertz CT molecular complexity index is 582. The van der Waals surface area contributed by atoms with Crippen molar-refractivity contribution in [1.82, 2.24) is 0 Å². The van der Waals surface area contributed by atoms with Gasteiger partial charge in [-0.2, -0.15) is 0 Å². The molecule has 1 aliphatic heterocycles. The van der Waals surface area contributed by atoms with E-state index in [1.807, 2.05) is 0 Å². The van der Waals surface area contributed by atoms with Gasteiger partial charge in [0.05, 0.1) is 6.10 Å². The third-order valence-electron chi connectivity index (χ3n) is 3.13. The number of carbonyl (C=O) groups is 1. The molecule has 0 radical (unpaired) electrons. The summed E-state index contributed by atoms with van der Waals surface area (Å²) in [6, 6.07) is 7.08. The summed E-state index contributed by atoms with van der Waals surface area (Å²) in [5.74, 6) is -0.943. The van der Waals surface area contributed by atoms with Crippen molar-refractivity contribution >= 4 is 21.4 Å². The molecule has 1 heterocycles. The van der Waals surface area contributed by atoms with E-state index in [4.69, 9.17) is 0 Å². The van der Waals surface area contributed by atoms with Gasteiger partial charge in [-0.05, 0) is 18.9 Å². The van der Waals surface area contributed by atoms with Crippen LogP contribution in [0.25, 0.3) is 0 Å². The first-order valence-electron chi connectivity index (χ1n) is 6.13. The molecule has 0 fully saturated rings. The predicted octanol–water partition coefficient (Wildman–Crippen LogP) is 0.891. The molecule has 5 nitrogen and oxygen atoms in total. The largest absolute Gasteiger partial charge is 0.388 e. The third kappa shape index (κ3) is 3.33. The maximum absolute atomic E-state index is 12.1. The van der Waals surface area contributed by atoms with E-state index in [2.05, 4.69) is 0 Å². The number of amides is 1. The van der Waals surface area contributed by atoms with Crippen LogP contribution in [0.4, 0.5) is 5.69 Å². The maximum Gasteiger partial charge on any atom is 0.242 e. The molecule has 0 spiro atoms. The zero-order chi connectivity index (χ0) is 14.0. The van der Waals surface area contributed by atoms with Crippen LogP contribution in [0.1, 0.15) is 24.5 Å². The number of aliphatic hydroxyl groups is 1. The molecule has 0 aliphatic carbocycles. The van der Waals surface area contributed by atoms with E-state index < -0.39 is 27.6 Å². The highest BCUT2D eigenvalue weighted by Gasteiger charge is 2.26. The normalized spacial score (nSPS) is 19.7. The molecule has 1 amide bonds. The Labute approximate surface area is 112 Å². The molecular formula is C13H17NO4S.